The molecule has 5 heteroatoms. The highest BCUT2D eigenvalue weighted by atomic mass is 79.9. The van der Waals surface area contributed by atoms with Crippen LogP contribution in [0.15, 0.2) is 53.0 Å². The summed E-state index contributed by atoms with van der Waals surface area (Å²) in [5.74, 6) is 2.63. The van der Waals surface area contributed by atoms with Crippen LogP contribution in [0.3, 0.4) is 0 Å². The maximum absolute atomic E-state index is 6.42. The van der Waals surface area contributed by atoms with Crippen molar-refractivity contribution in [3.05, 3.63) is 53.0 Å². The molecular weight excluding hydrogens is 420 g/mol. The average Bonchev–Trinajstić information content (AvgIpc) is 2.60. The van der Waals surface area contributed by atoms with E-state index >= 15 is 0 Å². The molecule has 0 N–H and O–H groups in total. The van der Waals surface area contributed by atoms with Gasteiger partial charge in [-0.1, -0.05) is 39.0 Å². The van der Waals surface area contributed by atoms with Gasteiger partial charge in [0.15, 0.2) is 0 Å². The third-order valence-electron chi connectivity index (χ3n) is 4.89. The number of hydrogen-bond acceptors (Lipinski definition) is 3. The molecule has 0 aliphatic rings. The molecule has 0 atom stereocenters. The smallest absolute Gasteiger partial charge is 0.250 e. The SMILES string of the molecule is CC(C)(C)[Si](C)(C)Oc1cc(OCCCCOc2ccccc2)ccc1Br. The van der Waals surface area contributed by atoms with E-state index < -0.39 is 8.32 Å². The van der Waals surface area contributed by atoms with Crippen LogP contribution in [0.25, 0.3) is 0 Å². The Bertz CT molecular complexity index is 711. The summed E-state index contributed by atoms with van der Waals surface area (Å²) in [5.41, 5.74) is 0. The van der Waals surface area contributed by atoms with Crippen molar-refractivity contribution in [2.75, 3.05) is 13.2 Å². The fourth-order valence-electron chi connectivity index (χ4n) is 2.18. The van der Waals surface area contributed by atoms with Crippen molar-refractivity contribution in [2.45, 2.75) is 51.7 Å². The maximum atomic E-state index is 6.42. The molecule has 2 aromatic carbocycles. The predicted octanol–water partition coefficient (Wildman–Crippen LogP) is 7.07. The lowest BCUT2D eigenvalue weighted by atomic mass is 10.2. The van der Waals surface area contributed by atoms with E-state index in [1.165, 1.54) is 0 Å². The van der Waals surface area contributed by atoms with Crippen LogP contribution in [0.4, 0.5) is 0 Å². The lowest BCUT2D eigenvalue weighted by Gasteiger charge is -2.36. The van der Waals surface area contributed by atoms with Crippen LogP contribution in [0.2, 0.25) is 18.1 Å². The van der Waals surface area contributed by atoms with Crippen LogP contribution in [0.1, 0.15) is 33.6 Å². The summed E-state index contributed by atoms with van der Waals surface area (Å²) in [6.45, 7) is 12.6. The number of hydrogen-bond donors (Lipinski definition) is 0. The van der Waals surface area contributed by atoms with E-state index in [1.807, 2.05) is 48.5 Å². The van der Waals surface area contributed by atoms with Gasteiger partial charge in [-0.3, -0.25) is 0 Å². The fourth-order valence-corrected chi connectivity index (χ4v) is 3.68. The Hall–Kier alpha value is -1.46. The predicted molar refractivity (Wildman–Crippen MR) is 119 cm³/mol. The normalized spacial score (nSPS) is 11.9. The minimum Gasteiger partial charge on any atom is -0.543 e. The molecule has 0 heterocycles. The van der Waals surface area contributed by atoms with Gasteiger partial charge < -0.3 is 13.9 Å². The van der Waals surface area contributed by atoms with Crippen LogP contribution in [0.5, 0.6) is 17.2 Å². The lowest BCUT2D eigenvalue weighted by molar-refractivity contribution is 0.266. The van der Waals surface area contributed by atoms with Gasteiger partial charge in [-0.05, 0) is 71.2 Å². The molecule has 2 aromatic rings. The van der Waals surface area contributed by atoms with Gasteiger partial charge >= 0.3 is 0 Å². The van der Waals surface area contributed by atoms with Crippen LogP contribution in [-0.4, -0.2) is 21.5 Å². The number of unbranched alkanes of at least 4 members (excludes halogenated alkanes) is 1. The summed E-state index contributed by atoms with van der Waals surface area (Å²) in [4.78, 5) is 0. The molecule has 148 valence electrons. The van der Waals surface area contributed by atoms with E-state index in [4.69, 9.17) is 13.9 Å². The Kier molecular flexibility index (Phi) is 7.80. The van der Waals surface area contributed by atoms with Crippen LogP contribution < -0.4 is 13.9 Å². The van der Waals surface area contributed by atoms with Gasteiger partial charge in [0, 0.05) is 6.07 Å². The van der Waals surface area contributed by atoms with E-state index in [2.05, 4.69) is 49.8 Å². The molecule has 0 radical (unpaired) electrons. The molecular formula is C22H31BrO3Si. The zero-order valence-corrected chi connectivity index (χ0v) is 19.6. The first-order valence-corrected chi connectivity index (χ1v) is 13.2. The van der Waals surface area contributed by atoms with Crippen molar-refractivity contribution in [2.24, 2.45) is 0 Å². The van der Waals surface area contributed by atoms with Gasteiger partial charge in [-0.15, -0.1) is 0 Å². The van der Waals surface area contributed by atoms with Crippen molar-refractivity contribution in [3.63, 3.8) is 0 Å². The molecule has 0 saturated carbocycles. The summed E-state index contributed by atoms with van der Waals surface area (Å²) in [6, 6.07) is 15.9. The topological polar surface area (TPSA) is 27.7 Å². The average molecular weight is 451 g/mol. The van der Waals surface area contributed by atoms with Crippen molar-refractivity contribution in [1.29, 1.82) is 0 Å². The van der Waals surface area contributed by atoms with Crippen LogP contribution in [-0.2, 0) is 0 Å². The van der Waals surface area contributed by atoms with Crippen LogP contribution >= 0.6 is 15.9 Å². The summed E-state index contributed by atoms with van der Waals surface area (Å²) in [6.07, 6.45) is 1.90. The van der Waals surface area contributed by atoms with Gasteiger partial charge in [0.05, 0.1) is 17.7 Å². The summed E-state index contributed by atoms with van der Waals surface area (Å²) >= 11 is 3.60. The zero-order valence-electron chi connectivity index (χ0n) is 17.0. The highest BCUT2D eigenvalue weighted by Gasteiger charge is 2.39. The van der Waals surface area contributed by atoms with Gasteiger partial charge in [0.25, 0.3) is 8.32 Å². The van der Waals surface area contributed by atoms with Gasteiger partial charge in [-0.2, -0.15) is 0 Å². The first-order chi connectivity index (χ1) is 12.7. The van der Waals surface area contributed by atoms with Crippen molar-refractivity contribution < 1.29 is 13.9 Å². The summed E-state index contributed by atoms with van der Waals surface area (Å²) in [7, 11) is -1.88. The Morgan fingerprint density at radius 1 is 0.852 bits per heavy atom. The highest BCUT2D eigenvalue weighted by molar-refractivity contribution is 9.10. The number of para-hydroxylation sites is 1. The van der Waals surface area contributed by atoms with Crippen molar-refractivity contribution in [1.82, 2.24) is 0 Å². The third kappa shape index (κ3) is 6.89. The lowest BCUT2D eigenvalue weighted by Crippen LogP contribution is -2.43. The van der Waals surface area contributed by atoms with Crippen molar-refractivity contribution in [3.8, 4) is 17.2 Å². The fraction of sp³-hybridized carbons (Fsp3) is 0.455. The van der Waals surface area contributed by atoms with Crippen LogP contribution in [0, 0.1) is 0 Å². The molecule has 0 bridgehead atoms. The van der Waals surface area contributed by atoms with E-state index in [1.54, 1.807) is 0 Å². The molecule has 0 aliphatic heterocycles. The van der Waals surface area contributed by atoms with E-state index in [-0.39, 0.29) is 5.04 Å². The van der Waals surface area contributed by atoms with E-state index in [0.717, 1.165) is 34.6 Å². The minimum absolute atomic E-state index is 0.155. The number of ether oxygens (including phenoxy) is 2. The molecule has 3 nitrogen and oxygen atoms in total. The minimum atomic E-state index is -1.88. The third-order valence-corrected chi connectivity index (χ3v) is 9.89. The molecule has 0 fully saturated rings. The van der Waals surface area contributed by atoms with Gasteiger partial charge in [0.2, 0.25) is 0 Å². The summed E-state index contributed by atoms with van der Waals surface area (Å²) in [5, 5.41) is 0.155. The number of halogens is 1. The monoisotopic (exact) mass is 450 g/mol. The maximum Gasteiger partial charge on any atom is 0.250 e. The number of benzene rings is 2. The molecule has 0 saturated heterocycles. The second-order valence-corrected chi connectivity index (χ2v) is 13.8. The summed E-state index contributed by atoms with van der Waals surface area (Å²) < 4.78 is 19.0. The molecule has 27 heavy (non-hydrogen) atoms. The second kappa shape index (κ2) is 9.65. The molecule has 0 unspecified atom stereocenters. The molecule has 0 aromatic heterocycles. The van der Waals surface area contributed by atoms with Gasteiger partial charge in [-0.25, -0.2) is 0 Å². The van der Waals surface area contributed by atoms with Gasteiger partial charge in [0.1, 0.15) is 17.2 Å². The highest BCUT2D eigenvalue weighted by Crippen LogP contribution is 2.40. The Labute approximate surface area is 173 Å². The van der Waals surface area contributed by atoms with E-state index in [0.29, 0.717) is 13.2 Å². The molecule has 0 aliphatic carbocycles. The van der Waals surface area contributed by atoms with E-state index in [9.17, 15) is 0 Å². The first kappa shape index (κ1) is 21.8. The Morgan fingerprint density at radius 2 is 1.44 bits per heavy atom. The quantitative estimate of drug-likeness (QED) is 0.301. The standard InChI is InChI=1S/C22H31BrO3Si/c1-22(2,3)27(4,5)26-21-17-19(13-14-20(21)23)25-16-10-9-15-24-18-11-7-6-8-12-18/h6-8,11-14,17H,9-10,15-16H2,1-5H3. The molecule has 2 rings (SSSR count). The largest absolute Gasteiger partial charge is 0.543 e. The zero-order chi connectivity index (χ0) is 19.9. The Morgan fingerprint density at radius 3 is 2.04 bits per heavy atom. The Balaban J connectivity index is 1.80. The van der Waals surface area contributed by atoms with Crippen molar-refractivity contribution >= 4 is 24.2 Å². The molecule has 0 spiro atoms. The first-order valence-electron chi connectivity index (χ1n) is 9.48. The second-order valence-electron chi connectivity index (χ2n) is 8.17. The molecule has 0 amide bonds. The number of rotatable bonds is 9.